The van der Waals surface area contributed by atoms with E-state index in [1.165, 1.54) is 24.3 Å². The van der Waals surface area contributed by atoms with Gasteiger partial charge >= 0.3 is 0 Å². The van der Waals surface area contributed by atoms with Crippen LogP contribution >= 0.6 is 0 Å². The highest BCUT2D eigenvalue weighted by Crippen LogP contribution is 2.15. The van der Waals surface area contributed by atoms with E-state index in [1.807, 2.05) is 60.7 Å². The minimum absolute atomic E-state index is 0.0613. The molecule has 0 unspecified atom stereocenters. The van der Waals surface area contributed by atoms with Gasteiger partial charge < -0.3 is 75.7 Å². The van der Waals surface area contributed by atoms with Crippen molar-refractivity contribution >= 4 is 59.2 Å². The van der Waals surface area contributed by atoms with Crippen LogP contribution in [0.15, 0.2) is 119 Å². The Hall–Kier alpha value is -9.22. The molecule has 0 bridgehead atoms. The number of nitrogens with two attached hydrogens (primary N) is 4. The summed E-state index contributed by atoms with van der Waals surface area (Å²) in [6.45, 7) is -0.268. The fourth-order valence-corrected chi connectivity index (χ4v) is 7.98. The summed E-state index contributed by atoms with van der Waals surface area (Å²) in [5.74, 6) is -4.47. The van der Waals surface area contributed by atoms with E-state index in [-0.39, 0.29) is 88.1 Å². The Morgan fingerprint density at radius 2 is 0.684 bits per heavy atom. The van der Waals surface area contributed by atoms with Crippen LogP contribution in [0.1, 0.15) is 47.9 Å². The first-order chi connectivity index (χ1) is 36.4. The molecular weight excluding hydrogens is 981 g/mol. The number of carbonyl (C=O) groups excluding carboxylic acids is 8. The third-order valence-electron chi connectivity index (χ3n) is 11.9. The molecule has 4 aromatic carbocycles. The maximum Gasteiger partial charge on any atom is 0.243 e. The van der Waals surface area contributed by atoms with Crippen molar-refractivity contribution in [2.75, 3.05) is 26.2 Å². The number of nitrogens with zero attached hydrogens (tertiary/aromatic N) is 2. The molecule has 0 aromatic heterocycles. The van der Waals surface area contributed by atoms with E-state index in [9.17, 15) is 48.6 Å². The molecule has 6 atom stereocenters. The van der Waals surface area contributed by atoms with Crippen LogP contribution in [0.3, 0.4) is 0 Å². The summed E-state index contributed by atoms with van der Waals surface area (Å²) in [6.07, 6.45) is 1.72. The van der Waals surface area contributed by atoms with Crippen molar-refractivity contribution in [1.82, 2.24) is 42.5 Å². The van der Waals surface area contributed by atoms with Gasteiger partial charge in [-0.25, -0.2) is 0 Å². The molecule has 4 aromatic rings. The Morgan fingerprint density at radius 1 is 0.395 bits per heavy atom. The van der Waals surface area contributed by atoms with Crippen LogP contribution in [0, 0.1) is 0 Å². The van der Waals surface area contributed by atoms with E-state index in [4.69, 9.17) is 22.9 Å². The number of rotatable bonds is 16. The topological polar surface area (TPSA) is 402 Å². The van der Waals surface area contributed by atoms with Crippen molar-refractivity contribution in [2.45, 2.75) is 87.6 Å². The first-order valence-corrected chi connectivity index (χ1v) is 24.5. The van der Waals surface area contributed by atoms with Crippen molar-refractivity contribution in [2.24, 2.45) is 32.9 Å². The molecule has 18 N–H and O–H groups in total. The lowest BCUT2D eigenvalue weighted by Crippen LogP contribution is -2.60. The van der Waals surface area contributed by atoms with Gasteiger partial charge in [0.1, 0.15) is 47.8 Å². The zero-order chi connectivity index (χ0) is 55.0. The number of hydrogen-bond donors (Lipinski definition) is 14. The molecule has 24 nitrogen and oxygen atoms in total. The van der Waals surface area contributed by atoms with Crippen molar-refractivity contribution < 1.29 is 48.6 Å². The van der Waals surface area contributed by atoms with E-state index in [1.54, 1.807) is 24.3 Å². The largest absolute Gasteiger partial charge is 0.508 e. The lowest BCUT2D eigenvalue weighted by molar-refractivity contribution is -0.135. The SMILES string of the molecule is NC(N)=NCCC[C@@H]1NC(=O)[C@H](Cc2ccc(O)cc2)NC(=O)CNC(=O)[C@@H](Cc2ccccc2)NC1=O.NC(N)=NCCC[C@@H]1NC(=O)[C@H](Cc2ccc(O)cc2)NC(=O)CNC(=O)[C@H](Cc2ccccc2)NC1=O. The molecule has 24 heteroatoms. The number of phenolic OH excluding ortho intramolecular Hbond substituents is 2. The number of benzene rings is 4. The van der Waals surface area contributed by atoms with E-state index in [2.05, 4.69) is 52.5 Å². The standard InChI is InChI=1S/2C26H33N7O5/c2*27-26(28)29-12-4-7-19-24(37)33-20(13-16-5-2-1-3-6-16)23(36)30-15-22(35)31-21(25(38)32-19)14-17-8-10-18(34)11-9-17/h2*1-3,5-6,8-11,19-21,34H,4,7,12-15H2,(H,30,36)(H,31,35)(H,32,38)(H,33,37)(H4,27,28,29)/t19-,20+,21-;19-,20-,21-/m00/s1. The average molecular weight is 1050 g/mol. The Labute approximate surface area is 438 Å². The highest BCUT2D eigenvalue weighted by Gasteiger charge is 2.33. The first kappa shape index (κ1) is 57.7. The van der Waals surface area contributed by atoms with Gasteiger partial charge in [0, 0.05) is 38.8 Å². The molecule has 0 spiro atoms. The number of nitrogens with one attached hydrogen (secondary N) is 8. The molecule has 2 saturated heterocycles. The summed E-state index contributed by atoms with van der Waals surface area (Å²) in [4.78, 5) is 112. The zero-order valence-electron chi connectivity index (χ0n) is 41.7. The summed E-state index contributed by atoms with van der Waals surface area (Å²) < 4.78 is 0. The minimum Gasteiger partial charge on any atom is -0.508 e. The molecule has 76 heavy (non-hydrogen) atoms. The Bertz CT molecular complexity index is 2480. The van der Waals surface area contributed by atoms with Gasteiger partial charge in [-0.1, -0.05) is 84.9 Å². The minimum atomic E-state index is -1.03. The molecule has 404 valence electrons. The first-order valence-electron chi connectivity index (χ1n) is 24.5. The number of phenols is 2. The van der Waals surface area contributed by atoms with E-state index in [0.29, 0.717) is 24.0 Å². The second-order valence-corrected chi connectivity index (χ2v) is 17.9. The maximum absolute atomic E-state index is 13.3. The summed E-state index contributed by atoms with van der Waals surface area (Å²) >= 11 is 0. The van der Waals surface area contributed by atoms with Crippen LogP contribution in [-0.4, -0.2) is 132 Å². The van der Waals surface area contributed by atoms with Crippen LogP contribution in [-0.2, 0) is 64.0 Å². The fourth-order valence-electron chi connectivity index (χ4n) is 7.98. The van der Waals surface area contributed by atoms with E-state index < -0.39 is 83.5 Å². The van der Waals surface area contributed by atoms with Crippen LogP contribution in [0.25, 0.3) is 0 Å². The average Bonchev–Trinajstić information content (AvgIpc) is 3.39. The van der Waals surface area contributed by atoms with Gasteiger partial charge in [-0.2, -0.15) is 0 Å². The maximum atomic E-state index is 13.3. The van der Waals surface area contributed by atoms with Crippen molar-refractivity contribution in [1.29, 1.82) is 0 Å². The zero-order valence-corrected chi connectivity index (χ0v) is 41.7. The predicted octanol–water partition coefficient (Wildman–Crippen LogP) is -2.37. The van der Waals surface area contributed by atoms with Crippen LogP contribution < -0.4 is 65.5 Å². The number of amides is 8. The second-order valence-electron chi connectivity index (χ2n) is 17.9. The van der Waals surface area contributed by atoms with Gasteiger partial charge in [0.2, 0.25) is 47.3 Å². The predicted molar refractivity (Wildman–Crippen MR) is 281 cm³/mol. The Kier molecular flexibility index (Phi) is 22.4. The monoisotopic (exact) mass is 1050 g/mol. The van der Waals surface area contributed by atoms with Gasteiger partial charge in [-0.15, -0.1) is 0 Å². The summed E-state index contributed by atoms with van der Waals surface area (Å²) in [5, 5.41) is 40.4. The van der Waals surface area contributed by atoms with Gasteiger partial charge in [0.25, 0.3) is 0 Å². The molecule has 6 rings (SSSR count). The highest BCUT2D eigenvalue weighted by molar-refractivity contribution is 5.98. The van der Waals surface area contributed by atoms with E-state index in [0.717, 1.165) is 11.1 Å². The Morgan fingerprint density at radius 3 is 1.01 bits per heavy atom. The number of aliphatic imine (C=N–C) groups is 2. The molecule has 2 aliphatic rings. The molecule has 2 fully saturated rings. The van der Waals surface area contributed by atoms with Crippen molar-refractivity contribution in [3.05, 3.63) is 131 Å². The fraction of sp³-hybridized carbons (Fsp3) is 0.346. The molecule has 2 aliphatic heterocycles. The van der Waals surface area contributed by atoms with Crippen LogP contribution in [0.5, 0.6) is 11.5 Å². The quantitative estimate of drug-likeness (QED) is 0.0317. The molecule has 0 radical (unpaired) electrons. The normalized spacial score (nSPS) is 20.6. The molecule has 0 saturated carbocycles. The summed E-state index contributed by atoms with van der Waals surface area (Å²) in [5.41, 5.74) is 24.5. The van der Waals surface area contributed by atoms with Gasteiger partial charge in [-0.05, 0) is 72.2 Å². The lowest BCUT2D eigenvalue weighted by atomic mass is 10.0. The van der Waals surface area contributed by atoms with Gasteiger partial charge in [-0.3, -0.25) is 48.3 Å². The molecular formula is C52H66N14O10. The van der Waals surface area contributed by atoms with Gasteiger partial charge in [0.05, 0.1) is 13.1 Å². The molecule has 2 heterocycles. The number of hydrogen-bond acceptors (Lipinski definition) is 12. The van der Waals surface area contributed by atoms with Crippen molar-refractivity contribution in [3.8, 4) is 11.5 Å². The molecule has 0 aliphatic carbocycles. The van der Waals surface area contributed by atoms with Crippen LogP contribution in [0.4, 0.5) is 0 Å². The Balaban J connectivity index is 0.000000281. The van der Waals surface area contributed by atoms with E-state index >= 15 is 0 Å². The third-order valence-corrected chi connectivity index (χ3v) is 11.9. The number of carbonyl (C=O) groups is 8. The van der Waals surface area contributed by atoms with Crippen LogP contribution in [0.2, 0.25) is 0 Å². The highest BCUT2D eigenvalue weighted by atomic mass is 16.3. The van der Waals surface area contributed by atoms with Crippen molar-refractivity contribution in [3.63, 3.8) is 0 Å². The smallest absolute Gasteiger partial charge is 0.243 e. The molecule has 8 amide bonds. The lowest BCUT2D eigenvalue weighted by Gasteiger charge is -2.27. The summed E-state index contributed by atoms with van der Waals surface area (Å²) in [6, 6.07) is 24.6. The number of aromatic hydroxyl groups is 2. The number of guanidine groups is 2. The van der Waals surface area contributed by atoms with Gasteiger partial charge in [0.15, 0.2) is 11.9 Å². The second kappa shape index (κ2) is 29.5. The summed E-state index contributed by atoms with van der Waals surface area (Å²) in [7, 11) is 0. The third kappa shape index (κ3) is 20.0.